The first-order valence-corrected chi connectivity index (χ1v) is 9.34. The summed E-state index contributed by atoms with van der Waals surface area (Å²) < 4.78 is 5.63. The second kappa shape index (κ2) is 8.91. The van der Waals surface area contributed by atoms with Crippen molar-refractivity contribution >= 4 is 23.2 Å². The van der Waals surface area contributed by atoms with Crippen molar-refractivity contribution in [2.24, 2.45) is 0 Å². The molecule has 0 fully saturated rings. The minimum atomic E-state index is -0.907. The molecule has 3 aromatic rings. The Balaban J connectivity index is 1.74. The molecule has 4 nitrogen and oxygen atoms in total. The van der Waals surface area contributed by atoms with Crippen LogP contribution in [0.2, 0.25) is 5.02 Å². The fraction of sp³-hybridized carbons (Fsp3) is 0.174. The average molecular weight is 396 g/mol. The van der Waals surface area contributed by atoms with Crippen LogP contribution in [0.3, 0.4) is 0 Å². The van der Waals surface area contributed by atoms with Crippen molar-refractivity contribution in [3.05, 3.63) is 94.0 Å². The molecule has 0 heterocycles. The zero-order valence-electron chi connectivity index (χ0n) is 15.8. The van der Waals surface area contributed by atoms with E-state index in [1.807, 2.05) is 62.4 Å². The molecule has 2 N–H and O–H groups in total. The number of ether oxygens (including phenoxy) is 1. The van der Waals surface area contributed by atoms with Crippen molar-refractivity contribution in [1.29, 1.82) is 0 Å². The molecule has 0 saturated carbocycles. The van der Waals surface area contributed by atoms with E-state index in [1.165, 1.54) is 0 Å². The molecule has 0 radical (unpaired) electrons. The van der Waals surface area contributed by atoms with E-state index in [9.17, 15) is 9.90 Å². The highest BCUT2D eigenvalue weighted by atomic mass is 35.5. The van der Waals surface area contributed by atoms with Gasteiger partial charge in [0, 0.05) is 16.3 Å². The van der Waals surface area contributed by atoms with Crippen LogP contribution in [-0.2, 0) is 4.79 Å². The van der Waals surface area contributed by atoms with Gasteiger partial charge in [0.1, 0.15) is 11.9 Å². The number of amides is 1. The number of benzene rings is 3. The van der Waals surface area contributed by atoms with E-state index >= 15 is 0 Å². The van der Waals surface area contributed by atoms with E-state index in [1.54, 1.807) is 18.2 Å². The van der Waals surface area contributed by atoms with E-state index in [0.717, 1.165) is 11.1 Å². The topological polar surface area (TPSA) is 58.6 Å². The van der Waals surface area contributed by atoms with Gasteiger partial charge >= 0.3 is 0 Å². The maximum absolute atomic E-state index is 12.4. The number of aliphatic hydroxyl groups is 1. The fourth-order valence-corrected chi connectivity index (χ4v) is 3.16. The van der Waals surface area contributed by atoms with Gasteiger partial charge in [0.15, 0.2) is 6.61 Å². The molecular formula is C23H22ClNO3. The molecule has 1 amide bonds. The Morgan fingerprint density at radius 2 is 1.82 bits per heavy atom. The van der Waals surface area contributed by atoms with Crippen molar-refractivity contribution in [2.45, 2.75) is 20.0 Å². The highest BCUT2D eigenvalue weighted by Gasteiger charge is 2.17. The number of halogens is 1. The molecule has 0 unspecified atom stereocenters. The SMILES string of the molecule is Cc1ccc(OCC(=O)Nc2ccc(Cl)cc2[C@H](O)c2ccccc2)c(C)c1. The number of rotatable bonds is 6. The first-order chi connectivity index (χ1) is 13.4. The molecule has 1 atom stereocenters. The molecule has 5 heteroatoms. The van der Waals surface area contributed by atoms with Crippen LogP contribution in [0.25, 0.3) is 0 Å². The number of nitrogens with one attached hydrogen (secondary N) is 1. The Labute approximate surface area is 169 Å². The Hall–Kier alpha value is -2.82. The maximum atomic E-state index is 12.4. The van der Waals surface area contributed by atoms with Gasteiger partial charge in [-0.05, 0) is 49.2 Å². The van der Waals surface area contributed by atoms with Gasteiger partial charge < -0.3 is 15.2 Å². The van der Waals surface area contributed by atoms with Crippen LogP contribution in [0.5, 0.6) is 5.75 Å². The third-order valence-corrected chi connectivity index (χ3v) is 4.62. The third kappa shape index (κ3) is 4.91. The van der Waals surface area contributed by atoms with Gasteiger partial charge in [-0.3, -0.25) is 4.79 Å². The number of hydrogen-bond donors (Lipinski definition) is 2. The minimum Gasteiger partial charge on any atom is -0.483 e. The summed E-state index contributed by atoms with van der Waals surface area (Å²) in [6, 6.07) is 20.0. The van der Waals surface area contributed by atoms with Crippen molar-refractivity contribution in [3.8, 4) is 5.75 Å². The van der Waals surface area contributed by atoms with Crippen molar-refractivity contribution in [1.82, 2.24) is 0 Å². The largest absolute Gasteiger partial charge is 0.483 e. The van der Waals surface area contributed by atoms with E-state index in [0.29, 0.717) is 27.6 Å². The third-order valence-electron chi connectivity index (χ3n) is 4.39. The number of aliphatic hydroxyl groups excluding tert-OH is 1. The Morgan fingerprint density at radius 1 is 1.07 bits per heavy atom. The lowest BCUT2D eigenvalue weighted by molar-refractivity contribution is -0.118. The predicted molar refractivity (Wildman–Crippen MR) is 112 cm³/mol. The van der Waals surface area contributed by atoms with E-state index in [2.05, 4.69) is 5.32 Å². The van der Waals surface area contributed by atoms with Crippen LogP contribution < -0.4 is 10.1 Å². The summed E-state index contributed by atoms with van der Waals surface area (Å²) >= 11 is 6.11. The molecule has 0 bridgehead atoms. The van der Waals surface area contributed by atoms with Gasteiger partial charge in [-0.1, -0.05) is 59.6 Å². The number of aryl methyl sites for hydroxylation is 2. The summed E-state index contributed by atoms with van der Waals surface area (Å²) in [7, 11) is 0. The maximum Gasteiger partial charge on any atom is 0.262 e. The Bertz CT molecular complexity index is 973. The first-order valence-electron chi connectivity index (χ1n) is 8.96. The molecule has 0 saturated heterocycles. The predicted octanol–water partition coefficient (Wildman–Crippen LogP) is 5.06. The monoisotopic (exact) mass is 395 g/mol. The molecule has 28 heavy (non-hydrogen) atoms. The number of carbonyl (C=O) groups excluding carboxylic acids is 1. The smallest absolute Gasteiger partial charge is 0.262 e. The lowest BCUT2D eigenvalue weighted by Crippen LogP contribution is -2.21. The molecule has 144 valence electrons. The summed E-state index contributed by atoms with van der Waals surface area (Å²) in [6.45, 7) is 3.81. The minimum absolute atomic E-state index is 0.132. The Kier molecular flexibility index (Phi) is 6.34. The normalized spacial score (nSPS) is 11.7. The van der Waals surface area contributed by atoms with Crippen LogP contribution in [-0.4, -0.2) is 17.6 Å². The van der Waals surface area contributed by atoms with Gasteiger partial charge in [0.2, 0.25) is 0 Å². The second-order valence-corrected chi connectivity index (χ2v) is 7.09. The summed E-state index contributed by atoms with van der Waals surface area (Å²) in [5.74, 6) is 0.352. The van der Waals surface area contributed by atoms with Crippen molar-refractivity contribution in [2.75, 3.05) is 11.9 Å². The standard InChI is InChI=1S/C23H22ClNO3/c1-15-8-11-21(16(2)12-15)28-14-22(26)25-20-10-9-18(24)13-19(20)23(27)17-6-4-3-5-7-17/h3-13,23,27H,14H2,1-2H3,(H,25,26)/t23-/m1/s1. The molecule has 3 rings (SSSR count). The molecule has 0 aromatic heterocycles. The molecule has 0 aliphatic carbocycles. The molecule has 0 spiro atoms. The Morgan fingerprint density at radius 3 is 2.54 bits per heavy atom. The average Bonchev–Trinajstić information content (AvgIpc) is 2.69. The summed E-state index contributed by atoms with van der Waals surface area (Å²) in [6.07, 6.45) is -0.907. The highest BCUT2D eigenvalue weighted by Crippen LogP contribution is 2.31. The lowest BCUT2D eigenvalue weighted by atomic mass is 10.00. The van der Waals surface area contributed by atoms with Crippen LogP contribution >= 0.6 is 11.6 Å². The fourth-order valence-electron chi connectivity index (χ4n) is 2.98. The van der Waals surface area contributed by atoms with Gasteiger partial charge in [-0.25, -0.2) is 0 Å². The second-order valence-electron chi connectivity index (χ2n) is 6.65. The van der Waals surface area contributed by atoms with Crippen molar-refractivity contribution < 1.29 is 14.6 Å². The molecule has 0 aliphatic heterocycles. The number of carbonyl (C=O) groups is 1. The van der Waals surface area contributed by atoms with Crippen molar-refractivity contribution in [3.63, 3.8) is 0 Å². The van der Waals surface area contributed by atoms with Gasteiger partial charge in [-0.2, -0.15) is 0 Å². The van der Waals surface area contributed by atoms with Gasteiger partial charge in [0.05, 0.1) is 0 Å². The van der Waals surface area contributed by atoms with E-state index in [-0.39, 0.29) is 12.5 Å². The van der Waals surface area contributed by atoms with E-state index in [4.69, 9.17) is 16.3 Å². The molecular weight excluding hydrogens is 374 g/mol. The summed E-state index contributed by atoms with van der Waals surface area (Å²) in [5.41, 5.74) is 3.84. The van der Waals surface area contributed by atoms with Crippen LogP contribution in [0, 0.1) is 13.8 Å². The molecule has 0 aliphatic rings. The van der Waals surface area contributed by atoms with Gasteiger partial charge in [-0.15, -0.1) is 0 Å². The number of hydrogen-bond acceptors (Lipinski definition) is 3. The zero-order chi connectivity index (χ0) is 20.1. The summed E-state index contributed by atoms with van der Waals surface area (Å²) in [5, 5.41) is 14.0. The first kappa shape index (κ1) is 19.9. The van der Waals surface area contributed by atoms with Crippen LogP contribution in [0.1, 0.15) is 28.4 Å². The highest BCUT2D eigenvalue weighted by molar-refractivity contribution is 6.30. The number of anilines is 1. The van der Waals surface area contributed by atoms with Crippen LogP contribution in [0.15, 0.2) is 66.7 Å². The lowest BCUT2D eigenvalue weighted by Gasteiger charge is -2.17. The molecule has 3 aromatic carbocycles. The van der Waals surface area contributed by atoms with Crippen LogP contribution in [0.4, 0.5) is 5.69 Å². The van der Waals surface area contributed by atoms with E-state index < -0.39 is 6.10 Å². The zero-order valence-corrected chi connectivity index (χ0v) is 16.5. The van der Waals surface area contributed by atoms with Gasteiger partial charge in [0.25, 0.3) is 5.91 Å². The summed E-state index contributed by atoms with van der Waals surface area (Å²) in [4.78, 5) is 12.4. The quantitative estimate of drug-likeness (QED) is 0.613.